The highest BCUT2D eigenvalue weighted by Gasteiger charge is 2.27. The molecule has 1 saturated carbocycles. The number of thiocarbonyl (C=S) groups is 1. The topological polar surface area (TPSA) is 62.3 Å². The molecule has 7 heteroatoms. The molecule has 1 fully saturated rings. The van der Waals surface area contributed by atoms with Gasteiger partial charge >= 0.3 is 0 Å². The first-order valence-corrected chi connectivity index (χ1v) is 11.5. The summed E-state index contributed by atoms with van der Waals surface area (Å²) in [6, 6.07) is 3.99. The van der Waals surface area contributed by atoms with Gasteiger partial charge in [0.05, 0.1) is 22.1 Å². The van der Waals surface area contributed by atoms with Crippen LogP contribution in [-0.2, 0) is 10.0 Å². The first-order valence-electron chi connectivity index (χ1n) is 9.55. The van der Waals surface area contributed by atoms with Crippen LogP contribution in [0.1, 0.15) is 52.9 Å². The molecular weight excluding hydrogens is 366 g/mol. The van der Waals surface area contributed by atoms with E-state index in [1.54, 1.807) is 20.0 Å². The van der Waals surface area contributed by atoms with E-state index >= 15 is 0 Å². The molecule has 26 heavy (non-hydrogen) atoms. The summed E-state index contributed by atoms with van der Waals surface area (Å²) in [4.78, 5) is 7.40. The van der Waals surface area contributed by atoms with Gasteiger partial charge in [0.25, 0.3) is 0 Å². The van der Waals surface area contributed by atoms with Gasteiger partial charge in [-0.1, -0.05) is 12.2 Å². The summed E-state index contributed by atoms with van der Waals surface area (Å²) >= 11 is 5.79. The standard InChI is InChI=1S/C19H31N3O2S2/c1-4-22(18-6-5-12-20-14-18)19(25)17-9-7-16(8-10-17)11-13-21-26(23,24)15(2)3/h5-6,12,14-17,21H,4,7-11,13H2,1-3H3. The third kappa shape index (κ3) is 5.72. The van der Waals surface area contributed by atoms with Gasteiger partial charge in [-0.2, -0.15) is 0 Å². The monoisotopic (exact) mass is 397 g/mol. The van der Waals surface area contributed by atoms with E-state index in [1.165, 1.54) is 0 Å². The fraction of sp³-hybridized carbons (Fsp3) is 0.684. The normalized spacial score (nSPS) is 20.9. The number of sulfonamides is 1. The van der Waals surface area contributed by atoms with Crippen LogP contribution in [0.25, 0.3) is 0 Å². The Hall–Kier alpha value is -1.05. The van der Waals surface area contributed by atoms with E-state index in [1.807, 2.05) is 12.3 Å². The molecule has 5 nitrogen and oxygen atoms in total. The van der Waals surface area contributed by atoms with Gasteiger partial charge in [0.1, 0.15) is 0 Å². The van der Waals surface area contributed by atoms with Crippen LogP contribution in [0.3, 0.4) is 0 Å². The number of nitrogens with zero attached hydrogens (tertiary/aromatic N) is 2. The van der Waals surface area contributed by atoms with E-state index in [-0.39, 0.29) is 5.25 Å². The van der Waals surface area contributed by atoms with Crippen molar-refractivity contribution in [2.24, 2.45) is 11.8 Å². The lowest BCUT2D eigenvalue weighted by Gasteiger charge is -2.34. The zero-order valence-corrected chi connectivity index (χ0v) is 17.7. The Morgan fingerprint density at radius 1 is 1.35 bits per heavy atom. The van der Waals surface area contributed by atoms with Crippen LogP contribution >= 0.6 is 12.2 Å². The van der Waals surface area contributed by atoms with Crippen LogP contribution in [0, 0.1) is 11.8 Å². The Bertz CT molecular complexity index is 669. The predicted octanol–water partition coefficient (Wildman–Crippen LogP) is 3.76. The lowest BCUT2D eigenvalue weighted by atomic mass is 9.80. The Kier molecular flexibility index (Phi) is 7.98. The van der Waals surface area contributed by atoms with Gasteiger partial charge in [-0.15, -0.1) is 0 Å². The highest BCUT2D eigenvalue weighted by molar-refractivity contribution is 7.90. The predicted molar refractivity (Wildman–Crippen MR) is 112 cm³/mol. The van der Waals surface area contributed by atoms with Crippen molar-refractivity contribution in [1.29, 1.82) is 0 Å². The quantitative estimate of drug-likeness (QED) is 0.677. The molecule has 0 spiro atoms. The summed E-state index contributed by atoms with van der Waals surface area (Å²) in [5.41, 5.74) is 1.06. The van der Waals surface area contributed by atoms with Crippen LogP contribution in [0.2, 0.25) is 0 Å². The first-order chi connectivity index (χ1) is 12.3. The van der Waals surface area contributed by atoms with Crippen molar-refractivity contribution in [3.05, 3.63) is 24.5 Å². The van der Waals surface area contributed by atoms with Gasteiger partial charge in [-0.05, 0) is 70.9 Å². The van der Waals surface area contributed by atoms with Crippen LogP contribution in [-0.4, -0.2) is 36.7 Å². The van der Waals surface area contributed by atoms with Crippen molar-refractivity contribution in [2.75, 3.05) is 18.0 Å². The number of anilines is 1. The minimum Gasteiger partial charge on any atom is -0.335 e. The molecular formula is C19H31N3O2S2. The maximum Gasteiger partial charge on any atom is 0.213 e. The van der Waals surface area contributed by atoms with Crippen LogP contribution in [0.4, 0.5) is 5.69 Å². The maximum absolute atomic E-state index is 11.8. The second-order valence-electron chi connectivity index (χ2n) is 7.29. The molecule has 146 valence electrons. The van der Waals surface area contributed by atoms with Crippen LogP contribution in [0.15, 0.2) is 24.5 Å². The third-order valence-electron chi connectivity index (χ3n) is 5.21. The van der Waals surface area contributed by atoms with E-state index in [0.29, 0.717) is 18.4 Å². The number of pyridine rings is 1. The molecule has 2 rings (SSSR count). The number of hydrogen-bond acceptors (Lipinski definition) is 4. The van der Waals surface area contributed by atoms with E-state index in [2.05, 4.69) is 27.6 Å². The molecule has 0 bridgehead atoms. The Balaban J connectivity index is 1.81. The lowest BCUT2D eigenvalue weighted by molar-refractivity contribution is 0.307. The first kappa shape index (κ1) is 21.3. The Morgan fingerprint density at radius 3 is 2.58 bits per heavy atom. The van der Waals surface area contributed by atoms with E-state index in [0.717, 1.165) is 49.3 Å². The number of hydrogen-bond donors (Lipinski definition) is 1. The van der Waals surface area contributed by atoms with Crippen molar-refractivity contribution >= 4 is 32.9 Å². The average Bonchev–Trinajstić information content (AvgIpc) is 2.63. The summed E-state index contributed by atoms with van der Waals surface area (Å²) in [5.74, 6) is 1.01. The fourth-order valence-electron chi connectivity index (χ4n) is 3.47. The summed E-state index contributed by atoms with van der Waals surface area (Å²) in [6.07, 6.45) is 8.93. The second kappa shape index (κ2) is 9.76. The Labute approximate surface area is 163 Å². The number of rotatable bonds is 8. The highest BCUT2D eigenvalue weighted by atomic mass is 32.2. The van der Waals surface area contributed by atoms with Gasteiger partial charge in [0.2, 0.25) is 10.0 Å². The summed E-state index contributed by atoms with van der Waals surface area (Å²) in [6.45, 7) is 6.91. The van der Waals surface area contributed by atoms with Crippen molar-refractivity contribution in [3.63, 3.8) is 0 Å². The van der Waals surface area contributed by atoms with Crippen molar-refractivity contribution < 1.29 is 8.42 Å². The molecule has 1 N–H and O–H groups in total. The molecule has 0 saturated heterocycles. The van der Waals surface area contributed by atoms with Gasteiger partial charge in [-0.3, -0.25) is 4.98 Å². The molecule has 1 aromatic heterocycles. The van der Waals surface area contributed by atoms with Crippen molar-refractivity contribution in [2.45, 2.75) is 58.1 Å². The zero-order valence-electron chi connectivity index (χ0n) is 16.0. The molecule has 1 aromatic rings. The largest absolute Gasteiger partial charge is 0.335 e. The van der Waals surface area contributed by atoms with Gasteiger partial charge in [0.15, 0.2) is 0 Å². The summed E-state index contributed by atoms with van der Waals surface area (Å²) in [5, 5.41) is -0.372. The average molecular weight is 398 g/mol. The minimum atomic E-state index is -3.15. The SMILES string of the molecule is CCN(C(=S)C1CCC(CCNS(=O)(=O)C(C)C)CC1)c1cccnc1. The summed E-state index contributed by atoms with van der Waals surface area (Å²) in [7, 11) is -3.15. The van der Waals surface area contributed by atoms with E-state index in [9.17, 15) is 8.42 Å². The lowest BCUT2D eigenvalue weighted by Crippen LogP contribution is -2.37. The van der Waals surface area contributed by atoms with E-state index in [4.69, 9.17) is 12.2 Å². The smallest absolute Gasteiger partial charge is 0.213 e. The molecule has 0 amide bonds. The molecule has 1 aliphatic carbocycles. The molecule has 1 heterocycles. The number of nitrogens with one attached hydrogen (secondary N) is 1. The molecule has 0 aliphatic heterocycles. The molecule has 0 atom stereocenters. The van der Waals surface area contributed by atoms with Crippen LogP contribution < -0.4 is 9.62 Å². The van der Waals surface area contributed by atoms with Crippen LogP contribution in [0.5, 0.6) is 0 Å². The minimum absolute atomic E-state index is 0.372. The maximum atomic E-state index is 11.8. The molecule has 0 unspecified atom stereocenters. The molecule has 1 aliphatic rings. The Morgan fingerprint density at radius 2 is 2.04 bits per heavy atom. The van der Waals surface area contributed by atoms with E-state index < -0.39 is 10.0 Å². The summed E-state index contributed by atoms with van der Waals surface area (Å²) < 4.78 is 26.4. The zero-order chi connectivity index (χ0) is 19.2. The van der Waals surface area contributed by atoms with Crippen molar-refractivity contribution in [1.82, 2.24) is 9.71 Å². The highest BCUT2D eigenvalue weighted by Crippen LogP contribution is 2.33. The van der Waals surface area contributed by atoms with Gasteiger partial charge in [-0.25, -0.2) is 13.1 Å². The second-order valence-corrected chi connectivity index (χ2v) is 10.0. The van der Waals surface area contributed by atoms with Gasteiger partial charge < -0.3 is 4.90 Å². The van der Waals surface area contributed by atoms with Crippen molar-refractivity contribution in [3.8, 4) is 0 Å². The molecule has 0 aromatic carbocycles. The number of aromatic nitrogens is 1. The third-order valence-corrected chi connectivity index (χ3v) is 7.61. The fourth-order valence-corrected chi connectivity index (χ4v) is 4.68. The molecule has 0 radical (unpaired) electrons. The van der Waals surface area contributed by atoms with Gasteiger partial charge in [0, 0.05) is 25.2 Å².